The average molecular weight is 226 g/mol. The summed E-state index contributed by atoms with van der Waals surface area (Å²) in [5.74, 6) is 1.86. The van der Waals surface area contributed by atoms with E-state index in [0.717, 1.165) is 17.9 Å². The minimum atomic E-state index is 0.137. The first-order valence-electron chi connectivity index (χ1n) is 5.75. The molecule has 2 aromatic carbocycles. The predicted molar refractivity (Wildman–Crippen MR) is 66.5 cm³/mol. The van der Waals surface area contributed by atoms with E-state index < -0.39 is 0 Å². The number of hydrogen-bond acceptors (Lipinski definition) is 2. The summed E-state index contributed by atoms with van der Waals surface area (Å²) in [5.41, 5.74) is 2.45. The van der Waals surface area contributed by atoms with Gasteiger partial charge in [0.1, 0.15) is 17.6 Å². The third kappa shape index (κ3) is 1.86. The fourth-order valence-electron chi connectivity index (χ4n) is 2.21. The number of fused-ring (bicyclic) bond motifs is 1. The Morgan fingerprint density at radius 3 is 2.71 bits per heavy atom. The molecular weight excluding hydrogens is 212 g/mol. The minimum Gasteiger partial charge on any atom is -0.497 e. The Hall–Kier alpha value is -1.96. The molecule has 1 aliphatic heterocycles. The van der Waals surface area contributed by atoms with Crippen molar-refractivity contribution in [3.63, 3.8) is 0 Å². The first-order valence-corrected chi connectivity index (χ1v) is 5.75. The van der Waals surface area contributed by atoms with Crippen molar-refractivity contribution in [2.45, 2.75) is 12.5 Å². The molecule has 1 atom stereocenters. The van der Waals surface area contributed by atoms with Crippen molar-refractivity contribution < 1.29 is 9.47 Å². The number of rotatable bonds is 2. The highest BCUT2D eigenvalue weighted by Gasteiger charge is 2.24. The Labute approximate surface area is 101 Å². The molecule has 0 amide bonds. The minimum absolute atomic E-state index is 0.137. The maximum atomic E-state index is 5.94. The molecule has 17 heavy (non-hydrogen) atoms. The van der Waals surface area contributed by atoms with Crippen LogP contribution in [0, 0.1) is 0 Å². The van der Waals surface area contributed by atoms with Crippen LogP contribution in [0.15, 0.2) is 48.5 Å². The van der Waals surface area contributed by atoms with Gasteiger partial charge in [-0.2, -0.15) is 0 Å². The van der Waals surface area contributed by atoms with E-state index in [1.165, 1.54) is 11.1 Å². The van der Waals surface area contributed by atoms with Crippen molar-refractivity contribution >= 4 is 0 Å². The normalized spacial score (nSPS) is 17.4. The summed E-state index contributed by atoms with van der Waals surface area (Å²) >= 11 is 0. The Morgan fingerprint density at radius 1 is 1.12 bits per heavy atom. The molecule has 2 nitrogen and oxygen atoms in total. The van der Waals surface area contributed by atoms with Crippen LogP contribution in [0.1, 0.15) is 17.2 Å². The van der Waals surface area contributed by atoms with Crippen molar-refractivity contribution in [1.82, 2.24) is 0 Å². The molecule has 0 unspecified atom stereocenters. The van der Waals surface area contributed by atoms with E-state index in [-0.39, 0.29) is 6.10 Å². The quantitative estimate of drug-likeness (QED) is 0.781. The monoisotopic (exact) mass is 226 g/mol. The number of benzene rings is 2. The Bertz CT molecular complexity index is 520. The van der Waals surface area contributed by atoms with Crippen LogP contribution in [0.5, 0.6) is 11.5 Å². The second-order valence-electron chi connectivity index (χ2n) is 4.19. The maximum absolute atomic E-state index is 5.94. The van der Waals surface area contributed by atoms with Crippen LogP contribution >= 0.6 is 0 Å². The van der Waals surface area contributed by atoms with Crippen LogP contribution in [0.3, 0.4) is 0 Å². The molecule has 3 rings (SSSR count). The summed E-state index contributed by atoms with van der Waals surface area (Å²) in [6.45, 7) is 0. The third-order valence-electron chi connectivity index (χ3n) is 3.11. The van der Waals surface area contributed by atoms with E-state index in [4.69, 9.17) is 9.47 Å². The number of hydrogen-bond donors (Lipinski definition) is 0. The van der Waals surface area contributed by atoms with Gasteiger partial charge in [-0.3, -0.25) is 0 Å². The summed E-state index contributed by atoms with van der Waals surface area (Å²) in [6.07, 6.45) is 1.05. The molecule has 0 N–H and O–H groups in total. The molecule has 0 spiro atoms. The van der Waals surface area contributed by atoms with Gasteiger partial charge in [0.15, 0.2) is 0 Å². The van der Waals surface area contributed by atoms with E-state index in [2.05, 4.69) is 18.2 Å². The first-order chi connectivity index (χ1) is 8.36. The highest BCUT2D eigenvalue weighted by Crippen LogP contribution is 2.38. The second kappa shape index (κ2) is 4.13. The molecule has 86 valence electrons. The molecule has 0 saturated carbocycles. The van der Waals surface area contributed by atoms with Crippen LogP contribution in [-0.4, -0.2) is 7.11 Å². The Kier molecular flexibility index (Phi) is 2.48. The first kappa shape index (κ1) is 10.2. The van der Waals surface area contributed by atoms with Gasteiger partial charge in [-0.25, -0.2) is 0 Å². The molecule has 0 aromatic heterocycles. The lowest BCUT2D eigenvalue weighted by atomic mass is 10.0. The largest absolute Gasteiger partial charge is 0.497 e. The fraction of sp³-hybridized carbons (Fsp3) is 0.200. The summed E-state index contributed by atoms with van der Waals surface area (Å²) in [7, 11) is 1.69. The van der Waals surface area contributed by atoms with E-state index in [9.17, 15) is 0 Å². The van der Waals surface area contributed by atoms with Crippen LogP contribution in [0.4, 0.5) is 0 Å². The lowest BCUT2D eigenvalue weighted by Crippen LogP contribution is -2.02. The number of ether oxygens (including phenoxy) is 2. The van der Waals surface area contributed by atoms with Crippen LogP contribution in [0.25, 0.3) is 0 Å². The Morgan fingerprint density at radius 2 is 1.94 bits per heavy atom. The molecule has 0 aliphatic carbocycles. The maximum Gasteiger partial charge on any atom is 0.128 e. The molecule has 0 bridgehead atoms. The second-order valence-corrected chi connectivity index (χ2v) is 4.19. The molecule has 0 fully saturated rings. The van der Waals surface area contributed by atoms with E-state index in [0.29, 0.717) is 0 Å². The fourth-order valence-corrected chi connectivity index (χ4v) is 2.21. The zero-order valence-corrected chi connectivity index (χ0v) is 9.72. The van der Waals surface area contributed by atoms with Crippen molar-refractivity contribution in [1.29, 1.82) is 0 Å². The van der Waals surface area contributed by atoms with Gasteiger partial charge in [0, 0.05) is 12.0 Å². The summed E-state index contributed by atoms with van der Waals surface area (Å²) < 4.78 is 11.2. The molecular formula is C15H14O2. The number of methoxy groups -OCH3 is 1. The standard InChI is InChI=1S/C15H14O2/c1-16-13-7-8-14-12(9-13)10-15(17-14)11-5-3-2-4-6-11/h2-9,15H,10H2,1H3/t15-/m0/s1. The highest BCUT2D eigenvalue weighted by atomic mass is 16.5. The van der Waals surface area contributed by atoms with Crippen molar-refractivity contribution in [3.8, 4) is 11.5 Å². The molecule has 2 aromatic rings. The Balaban J connectivity index is 1.88. The molecule has 0 saturated heterocycles. The van der Waals surface area contributed by atoms with Crippen LogP contribution < -0.4 is 9.47 Å². The van der Waals surface area contributed by atoms with Gasteiger partial charge >= 0.3 is 0 Å². The van der Waals surface area contributed by atoms with Crippen molar-refractivity contribution in [2.75, 3.05) is 7.11 Å². The molecule has 2 heteroatoms. The van der Waals surface area contributed by atoms with Gasteiger partial charge < -0.3 is 9.47 Å². The zero-order chi connectivity index (χ0) is 11.7. The topological polar surface area (TPSA) is 18.5 Å². The van der Waals surface area contributed by atoms with E-state index >= 15 is 0 Å². The van der Waals surface area contributed by atoms with Gasteiger partial charge in [-0.05, 0) is 23.8 Å². The lowest BCUT2D eigenvalue weighted by Gasteiger charge is -2.10. The van der Waals surface area contributed by atoms with Gasteiger partial charge in [-0.15, -0.1) is 0 Å². The van der Waals surface area contributed by atoms with Gasteiger partial charge in [0.25, 0.3) is 0 Å². The smallest absolute Gasteiger partial charge is 0.128 e. The predicted octanol–water partition coefficient (Wildman–Crippen LogP) is 3.37. The van der Waals surface area contributed by atoms with Gasteiger partial charge in [0.05, 0.1) is 7.11 Å². The van der Waals surface area contributed by atoms with E-state index in [1.807, 2.05) is 30.3 Å². The van der Waals surface area contributed by atoms with Crippen molar-refractivity contribution in [2.24, 2.45) is 0 Å². The lowest BCUT2D eigenvalue weighted by molar-refractivity contribution is 0.238. The highest BCUT2D eigenvalue weighted by molar-refractivity contribution is 5.44. The van der Waals surface area contributed by atoms with Gasteiger partial charge in [-0.1, -0.05) is 30.3 Å². The molecule has 0 radical (unpaired) electrons. The SMILES string of the molecule is COc1ccc2c(c1)C[C@@H](c1ccccc1)O2. The van der Waals surface area contributed by atoms with Crippen LogP contribution in [0.2, 0.25) is 0 Å². The average Bonchev–Trinajstić information content (AvgIpc) is 2.82. The summed E-state index contributed by atoms with van der Waals surface area (Å²) in [5, 5.41) is 0. The molecule has 1 aliphatic rings. The van der Waals surface area contributed by atoms with Crippen LogP contribution in [-0.2, 0) is 6.42 Å². The summed E-state index contributed by atoms with van der Waals surface area (Å²) in [4.78, 5) is 0. The van der Waals surface area contributed by atoms with E-state index in [1.54, 1.807) is 7.11 Å². The molecule has 1 heterocycles. The third-order valence-corrected chi connectivity index (χ3v) is 3.11. The zero-order valence-electron chi connectivity index (χ0n) is 9.72. The van der Waals surface area contributed by atoms with Gasteiger partial charge in [0.2, 0.25) is 0 Å². The van der Waals surface area contributed by atoms with Crippen molar-refractivity contribution in [3.05, 3.63) is 59.7 Å². The summed E-state index contributed by atoms with van der Waals surface area (Å²) in [6, 6.07) is 16.3.